The van der Waals surface area contributed by atoms with Gasteiger partial charge in [-0.15, -0.1) is 0 Å². The van der Waals surface area contributed by atoms with Crippen LogP contribution in [-0.4, -0.2) is 29.2 Å². The molecule has 26 heavy (non-hydrogen) atoms. The smallest absolute Gasteiger partial charge is 0.302 e. The van der Waals surface area contributed by atoms with Crippen LogP contribution >= 0.6 is 35.0 Å². The minimum absolute atomic E-state index is 0.222. The van der Waals surface area contributed by atoms with Crippen LogP contribution in [0.4, 0.5) is 0 Å². The first kappa shape index (κ1) is 21.1. The van der Waals surface area contributed by atoms with Crippen molar-refractivity contribution in [3.05, 3.63) is 39.8 Å². The molecule has 0 saturated heterocycles. The number of nitrogens with one attached hydrogen (secondary N) is 1. The first-order valence-electron chi connectivity index (χ1n) is 8.25. The van der Waals surface area contributed by atoms with Gasteiger partial charge in [0, 0.05) is 21.9 Å². The van der Waals surface area contributed by atoms with Gasteiger partial charge in [-0.05, 0) is 31.0 Å². The molecule has 1 aromatic heterocycles. The fourth-order valence-corrected chi connectivity index (χ4v) is 4.05. The van der Waals surface area contributed by atoms with E-state index in [0.29, 0.717) is 16.7 Å². The number of carbonyl (C=O) groups is 1. The summed E-state index contributed by atoms with van der Waals surface area (Å²) in [5.74, 6) is 0.651. The van der Waals surface area contributed by atoms with E-state index in [1.54, 1.807) is 6.07 Å². The Morgan fingerprint density at radius 3 is 2.42 bits per heavy atom. The lowest BCUT2D eigenvalue weighted by atomic mass is 10.2. The normalized spacial score (nSPS) is 12.4. The SMILES string of the molecule is CC(=O)OCCOC(C)c1nc(C(C)C)c(Sc2cc(Cl)cc(Cl)c2)[nH]1. The summed E-state index contributed by atoms with van der Waals surface area (Å²) in [4.78, 5) is 19.7. The molecule has 2 aromatic rings. The number of ether oxygens (including phenoxy) is 2. The van der Waals surface area contributed by atoms with Crippen molar-refractivity contribution in [2.24, 2.45) is 0 Å². The molecule has 142 valence electrons. The number of nitrogens with zero attached hydrogens (tertiary/aromatic N) is 1. The van der Waals surface area contributed by atoms with Crippen LogP contribution in [0.3, 0.4) is 0 Å². The number of benzene rings is 1. The van der Waals surface area contributed by atoms with Gasteiger partial charge in [-0.25, -0.2) is 4.98 Å². The monoisotopic (exact) mass is 416 g/mol. The molecule has 5 nitrogen and oxygen atoms in total. The van der Waals surface area contributed by atoms with Gasteiger partial charge in [0.15, 0.2) is 0 Å². The fraction of sp³-hybridized carbons (Fsp3) is 0.444. The zero-order chi connectivity index (χ0) is 19.3. The van der Waals surface area contributed by atoms with E-state index in [-0.39, 0.29) is 24.6 Å². The highest BCUT2D eigenvalue weighted by molar-refractivity contribution is 7.99. The Morgan fingerprint density at radius 2 is 1.85 bits per heavy atom. The van der Waals surface area contributed by atoms with E-state index in [0.717, 1.165) is 21.4 Å². The van der Waals surface area contributed by atoms with E-state index in [9.17, 15) is 4.79 Å². The van der Waals surface area contributed by atoms with Crippen LogP contribution in [0.15, 0.2) is 28.1 Å². The standard InChI is InChI=1S/C18H22Cl2N2O3S/c1-10(2)16-18(26-15-8-13(19)7-14(20)9-15)22-17(21-16)11(3)24-5-6-25-12(4)23/h7-11H,5-6H2,1-4H3,(H,21,22). The first-order valence-corrected chi connectivity index (χ1v) is 9.82. The minimum Gasteiger partial charge on any atom is -0.463 e. The third-order valence-corrected chi connectivity index (χ3v) is 4.88. The number of esters is 1. The zero-order valence-corrected chi connectivity index (χ0v) is 17.5. The van der Waals surface area contributed by atoms with Gasteiger partial charge in [0.25, 0.3) is 0 Å². The lowest BCUT2D eigenvalue weighted by molar-refractivity contribution is -0.143. The van der Waals surface area contributed by atoms with Crippen LogP contribution in [0.2, 0.25) is 10.0 Å². The lowest BCUT2D eigenvalue weighted by Gasteiger charge is -2.10. The third-order valence-electron chi connectivity index (χ3n) is 3.46. The quantitative estimate of drug-likeness (QED) is 0.445. The summed E-state index contributed by atoms with van der Waals surface area (Å²) in [6.45, 7) is 7.98. The summed E-state index contributed by atoms with van der Waals surface area (Å²) < 4.78 is 10.6. The van der Waals surface area contributed by atoms with Crippen molar-refractivity contribution >= 4 is 40.9 Å². The molecule has 0 amide bonds. The van der Waals surface area contributed by atoms with E-state index < -0.39 is 0 Å². The average molecular weight is 417 g/mol. The minimum atomic E-state index is -0.319. The maximum atomic E-state index is 10.8. The van der Waals surface area contributed by atoms with Gasteiger partial charge in [-0.2, -0.15) is 0 Å². The van der Waals surface area contributed by atoms with Gasteiger partial charge in [0.1, 0.15) is 23.6 Å². The van der Waals surface area contributed by atoms with Crippen LogP contribution in [-0.2, 0) is 14.3 Å². The van der Waals surface area contributed by atoms with E-state index in [1.165, 1.54) is 18.7 Å². The number of aromatic nitrogens is 2. The average Bonchev–Trinajstić information content (AvgIpc) is 2.94. The van der Waals surface area contributed by atoms with Crippen molar-refractivity contribution in [3.63, 3.8) is 0 Å². The topological polar surface area (TPSA) is 64.2 Å². The number of carbonyl (C=O) groups excluding carboxylic acids is 1. The van der Waals surface area contributed by atoms with Crippen molar-refractivity contribution in [1.29, 1.82) is 0 Å². The van der Waals surface area contributed by atoms with Crippen molar-refractivity contribution in [3.8, 4) is 0 Å². The summed E-state index contributed by atoms with van der Waals surface area (Å²) in [5.41, 5.74) is 0.955. The van der Waals surface area contributed by atoms with Gasteiger partial charge in [0.2, 0.25) is 0 Å². The molecule has 2 rings (SSSR count). The molecule has 0 radical (unpaired) electrons. The number of rotatable bonds is 8. The third kappa shape index (κ3) is 6.20. The first-order chi connectivity index (χ1) is 12.3. The molecule has 1 heterocycles. The van der Waals surface area contributed by atoms with Crippen LogP contribution in [0.5, 0.6) is 0 Å². The van der Waals surface area contributed by atoms with Gasteiger partial charge < -0.3 is 14.5 Å². The molecular formula is C18H22Cl2N2O3S. The maximum Gasteiger partial charge on any atom is 0.302 e. The largest absolute Gasteiger partial charge is 0.463 e. The molecule has 1 aromatic carbocycles. The number of halogens is 2. The highest BCUT2D eigenvalue weighted by Crippen LogP contribution is 2.36. The molecular weight excluding hydrogens is 395 g/mol. The van der Waals surface area contributed by atoms with Crippen LogP contribution in [0.25, 0.3) is 0 Å². The summed E-state index contributed by atoms with van der Waals surface area (Å²) in [5, 5.41) is 2.12. The number of imidazole rings is 1. The Kier molecular flexibility index (Phi) is 7.83. The Labute approximate surface area is 167 Å². The van der Waals surface area contributed by atoms with Crippen LogP contribution in [0.1, 0.15) is 51.2 Å². The van der Waals surface area contributed by atoms with Crippen molar-refractivity contribution in [1.82, 2.24) is 9.97 Å². The molecule has 1 unspecified atom stereocenters. The number of aromatic amines is 1. The highest BCUT2D eigenvalue weighted by Gasteiger charge is 2.19. The van der Waals surface area contributed by atoms with Crippen molar-refractivity contribution in [2.75, 3.05) is 13.2 Å². The predicted molar refractivity (Wildman–Crippen MR) is 104 cm³/mol. The summed E-state index contributed by atoms with van der Waals surface area (Å²) in [6, 6.07) is 5.43. The summed E-state index contributed by atoms with van der Waals surface area (Å²) >= 11 is 13.7. The molecule has 1 N–H and O–H groups in total. The van der Waals surface area contributed by atoms with Crippen LogP contribution in [0, 0.1) is 0 Å². The van der Waals surface area contributed by atoms with Gasteiger partial charge in [-0.1, -0.05) is 48.8 Å². The molecule has 0 spiro atoms. The van der Waals surface area contributed by atoms with Crippen molar-refractivity contribution in [2.45, 2.75) is 49.6 Å². The molecule has 0 aliphatic rings. The predicted octanol–water partition coefficient (Wildman–Crippen LogP) is 5.63. The van der Waals surface area contributed by atoms with E-state index >= 15 is 0 Å². The van der Waals surface area contributed by atoms with E-state index in [2.05, 4.69) is 23.8 Å². The second-order valence-corrected chi connectivity index (χ2v) is 8.01. The fourth-order valence-electron chi connectivity index (χ4n) is 2.24. The molecule has 0 aliphatic carbocycles. The van der Waals surface area contributed by atoms with Gasteiger partial charge in [-0.3, -0.25) is 4.79 Å². The molecule has 1 atom stereocenters. The van der Waals surface area contributed by atoms with E-state index in [1.807, 2.05) is 19.1 Å². The number of hydrogen-bond donors (Lipinski definition) is 1. The second kappa shape index (κ2) is 9.65. The van der Waals surface area contributed by atoms with Crippen LogP contribution < -0.4 is 0 Å². The molecule has 0 saturated carbocycles. The second-order valence-electron chi connectivity index (χ2n) is 6.05. The van der Waals surface area contributed by atoms with Gasteiger partial charge in [0.05, 0.1) is 12.3 Å². The Hall–Kier alpha value is -1.21. The number of H-pyrrole nitrogens is 1. The van der Waals surface area contributed by atoms with Gasteiger partial charge >= 0.3 is 5.97 Å². The molecule has 0 bridgehead atoms. The number of hydrogen-bond acceptors (Lipinski definition) is 5. The summed E-state index contributed by atoms with van der Waals surface area (Å²) in [6.07, 6.45) is -0.250. The Bertz CT molecular complexity index is 745. The molecule has 8 heteroatoms. The Morgan fingerprint density at radius 1 is 1.19 bits per heavy atom. The summed E-state index contributed by atoms with van der Waals surface area (Å²) in [7, 11) is 0. The van der Waals surface area contributed by atoms with E-state index in [4.69, 9.17) is 32.7 Å². The highest BCUT2D eigenvalue weighted by atomic mass is 35.5. The van der Waals surface area contributed by atoms with Crippen molar-refractivity contribution < 1.29 is 14.3 Å². The molecule has 0 aliphatic heterocycles. The Balaban J connectivity index is 2.12. The zero-order valence-electron chi connectivity index (χ0n) is 15.1. The lowest BCUT2D eigenvalue weighted by Crippen LogP contribution is -2.10. The molecule has 0 fully saturated rings. The maximum absolute atomic E-state index is 10.8.